The largest absolute Gasteiger partial charge is 0.493 e. The molecule has 0 unspecified atom stereocenters. The van der Waals surface area contributed by atoms with Crippen molar-refractivity contribution in [1.29, 1.82) is 0 Å². The van der Waals surface area contributed by atoms with E-state index in [9.17, 15) is 0 Å². The van der Waals surface area contributed by atoms with E-state index in [0.717, 1.165) is 5.56 Å². The SMILES string of the molecule is COc1cc(-c2conc2N)cc(OC)c1OC. The molecule has 1 aromatic heterocycles. The van der Waals surface area contributed by atoms with Crippen LogP contribution >= 0.6 is 0 Å². The molecular formula is C12H14N2O4. The molecule has 0 bridgehead atoms. The normalized spacial score (nSPS) is 10.2. The molecule has 1 aromatic carbocycles. The summed E-state index contributed by atoms with van der Waals surface area (Å²) in [7, 11) is 4.66. The molecule has 0 fully saturated rings. The molecular weight excluding hydrogens is 236 g/mol. The Bertz CT molecular complexity index is 526. The van der Waals surface area contributed by atoms with Crippen molar-refractivity contribution in [3.63, 3.8) is 0 Å². The van der Waals surface area contributed by atoms with Crippen LogP contribution in [0.3, 0.4) is 0 Å². The quantitative estimate of drug-likeness (QED) is 0.893. The minimum absolute atomic E-state index is 0.310. The standard InChI is InChI=1S/C12H14N2O4/c1-15-9-4-7(8-6-18-14-12(8)13)5-10(16-2)11(9)17-3/h4-6H,1-3H3,(H2,13,14). The van der Waals surface area contributed by atoms with Gasteiger partial charge in [-0.15, -0.1) is 0 Å². The van der Waals surface area contributed by atoms with E-state index in [1.54, 1.807) is 33.5 Å². The Morgan fingerprint density at radius 3 is 2.06 bits per heavy atom. The van der Waals surface area contributed by atoms with Crippen molar-refractivity contribution in [1.82, 2.24) is 5.16 Å². The van der Waals surface area contributed by atoms with Gasteiger partial charge < -0.3 is 24.5 Å². The van der Waals surface area contributed by atoms with Crippen LogP contribution in [0.4, 0.5) is 5.82 Å². The first-order valence-electron chi connectivity index (χ1n) is 5.21. The molecule has 0 saturated heterocycles. The molecule has 0 amide bonds. The number of hydrogen-bond donors (Lipinski definition) is 1. The van der Waals surface area contributed by atoms with Crippen LogP contribution in [0.2, 0.25) is 0 Å². The molecule has 2 rings (SSSR count). The maximum Gasteiger partial charge on any atom is 0.203 e. The van der Waals surface area contributed by atoms with Crippen LogP contribution in [-0.2, 0) is 0 Å². The van der Waals surface area contributed by atoms with Crippen molar-refractivity contribution in [2.24, 2.45) is 0 Å². The summed E-state index contributed by atoms with van der Waals surface area (Å²) in [4.78, 5) is 0. The minimum atomic E-state index is 0.310. The van der Waals surface area contributed by atoms with Gasteiger partial charge in [-0.3, -0.25) is 0 Å². The van der Waals surface area contributed by atoms with Gasteiger partial charge in [0, 0.05) is 0 Å². The first-order valence-corrected chi connectivity index (χ1v) is 5.21. The van der Waals surface area contributed by atoms with Gasteiger partial charge in [-0.25, -0.2) is 0 Å². The van der Waals surface area contributed by atoms with Gasteiger partial charge in [0.2, 0.25) is 5.75 Å². The minimum Gasteiger partial charge on any atom is -0.493 e. The summed E-state index contributed by atoms with van der Waals surface area (Å²) in [6, 6.07) is 3.56. The summed E-state index contributed by atoms with van der Waals surface area (Å²) >= 11 is 0. The molecule has 0 radical (unpaired) electrons. The smallest absolute Gasteiger partial charge is 0.203 e. The molecule has 0 aliphatic carbocycles. The van der Waals surface area contributed by atoms with Gasteiger partial charge in [0.15, 0.2) is 17.3 Å². The molecule has 2 N–H and O–H groups in total. The van der Waals surface area contributed by atoms with Crippen LogP contribution in [0.1, 0.15) is 0 Å². The summed E-state index contributed by atoms with van der Waals surface area (Å²) in [6.07, 6.45) is 1.47. The average molecular weight is 250 g/mol. The van der Waals surface area contributed by atoms with Crippen molar-refractivity contribution in [2.45, 2.75) is 0 Å². The molecule has 2 aromatic rings. The number of nitrogens with zero attached hydrogens (tertiary/aromatic N) is 1. The van der Waals surface area contributed by atoms with Gasteiger partial charge in [0.25, 0.3) is 0 Å². The first kappa shape index (κ1) is 12.1. The molecule has 0 aliphatic rings. The Kier molecular flexibility index (Phi) is 3.27. The third-order valence-corrected chi connectivity index (χ3v) is 2.57. The summed E-state index contributed by atoms with van der Waals surface area (Å²) < 4.78 is 20.6. The fourth-order valence-corrected chi connectivity index (χ4v) is 1.70. The molecule has 0 spiro atoms. The van der Waals surface area contributed by atoms with Gasteiger partial charge in [-0.05, 0) is 17.7 Å². The highest BCUT2D eigenvalue weighted by Gasteiger charge is 2.16. The summed E-state index contributed by atoms with van der Waals surface area (Å²) in [6.45, 7) is 0. The fourth-order valence-electron chi connectivity index (χ4n) is 1.70. The lowest BCUT2D eigenvalue weighted by Crippen LogP contribution is -1.96. The number of ether oxygens (including phenoxy) is 3. The van der Waals surface area contributed by atoms with Crippen LogP contribution in [0.5, 0.6) is 17.2 Å². The van der Waals surface area contributed by atoms with Crippen molar-refractivity contribution in [3.05, 3.63) is 18.4 Å². The number of benzene rings is 1. The van der Waals surface area contributed by atoms with Gasteiger partial charge in [0.05, 0.1) is 26.9 Å². The van der Waals surface area contributed by atoms with Gasteiger partial charge >= 0.3 is 0 Å². The summed E-state index contributed by atoms with van der Waals surface area (Å²) in [5, 5.41) is 3.64. The van der Waals surface area contributed by atoms with Crippen LogP contribution in [0.15, 0.2) is 22.9 Å². The van der Waals surface area contributed by atoms with E-state index >= 15 is 0 Å². The van der Waals surface area contributed by atoms with Crippen molar-refractivity contribution in [2.75, 3.05) is 27.1 Å². The van der Waals surface area contributed by atoms with E-state index in [-0.39, 0.29) is 0 Å². The third-order valence-electron chi connectivity index (χ3n) is 2.57. The maximum atomic E-state index is 5.71. The number of anilines is 1. The molecule has 96 valence electrons. The molecule has 0 aliphatic heterocycles. The number of hydrogen-bond acceptors (Lipinski definition) is 6. The molecule has 1 heterocycles. The van der Waals surface area contributed by atoms with Crippen LogP contribution in [0.25, 0.3) is 11.1 Å². The van der Waals surface area contributed by atoms with E-state index < -0.39 is 0 Å². The molecule has 6 nitrogen and oxygen atoms in total. The lowest BCUT2D eigenvalue weighted by atomic mass is 10.1. The van der Waals surface area contributed by atoms with Gasteiger partial charge in [-0.2, -0.15) is 0 Å². The second kappa shape index (κ2) is 4.87. The van der Waals surface area contributed by atoms with Crippen molar-refractivity contribution in [3.8, 4) is 28.4 Å². The zero-order valence-corrected chi connectivity index (χ0v) is 10.4. The van der Waals surface area contributed by atoms with Crippen LogP contribution in [0, 0.1) is 0 Å². The van der Waals surface area contributed by atoms with Gasteiger partial charge in [-0.1, -0.05) is 5.16 Å². The molecule has 6 heteroatoms. The Hall–Kier alpha value is -2.37. The second-order valence-corrected chi connectivity index (χ2v) is 3.53. The van der Waals surface area contributed by atoms with Crippen LogP contribution < -0.4 is 19.9 Å². The summed E-state index contributed by atoms with van der Waals surface area (Å²) in [5.41, 5.74) is 7.16. The summed E-state index contributed by atoms with van der Waals surface area (Å²) in [5.74, 6) is 1.93. The average Bonchev–Trinajstić information content (AvgIpc) is 2.83. The van der Waals surface area contributed by atoms with Crippen molar-refractivity contribution >= 4 is 5.82 Å². The van der Waals surface area contributed by atoms with Gasteiger partial charge in [0.1, 0.15) is 6.26 Å². The number of rotatable bonds is 4. The second-order valence-electron chi connectivity index (χ2n) is 3.53. The number of nitrogens with two attached hydrogens (primary N) is 1. The third kappa shape index (κ3) is 1.92. The number of methoxy groups -OCH3 is 3. The Morgan fingerprint density at radius 1 is 1.06 bits per heavy atom. The maximum absolute atomic E-state index is 5.71. The Morgan fingerprint density at radius 2 is 1.67 bits per heavy atom. The molecule has 18 heavy (non-hydrogen) atoms. The topological polar surface area (TPSA) is 79.7 Å². The molecule has 0 saturated carbocycles. The first-order chi connectivity index (χ1) is 8.71. The highest BCUT2D eigenvalue weighted by Crippen LogP contribution is 2.41. The predicted molar refractivity (Wildman–Crippen MR) is 66.0 cm³/mol. The lowest BCUT2D eigenvalue weighted by molar-refractivity contribution is 0.324. The van der Waals surface area contributed by atoms with E-state index in [2.05, 4.69) is 5.16 Å². The van der Waals surface area contributed by atoms with Crippen LogP contribution in [-0.4, -0.2) is 26.5 Å². The Labute approximate surface area is 104 Å². The molecule has 0 atom stereocenters. The van der Waals surface area contributed by atoms with E-state index in [0.29, 0.717) is 28.6 Å². The number of nitrogen functional groups attached to an aromatic ring is 1. The van der Waals surface area contributed by atoms with E-state index in [4.69, 9.17) is 24.5 Å². The Balaban J connectivity index is 2.60. The zero-order valence-electron chi connectivity index (χ0n) is 10.4. The number of aromatic nitrogens is 1. The lowest BCUT2D eigenvalue weighted by Gasteiger charge is -2.13. The van der Waals surface area contributed by atoms with Crippen molar-refractivity contribution < 1.29 is 18.7 Å². The van der Waals surface area contributed by atoms with E-state index in [1.807, 2.05) is 0 Å². The predicted octanol–water partition coefficient (Wildman–Crippen LogP) is 1.95. The highest BCUT2D eigenvalue weighted by atomic mass is 16.5. The fraction of sp³-hybridized carbons (Fsp3) is 0.250. The monoisotopic (exact) mass is 250 g/mol. The van der Waals surface area contributed by atoms with E-state index in [1.165, 1.54) is 6.26 Å². The highest BCUT2D eigenvalue weighted by molar-refractivity contribution is 5.76. The zero-order chi connectivity index (χ0) is 13.1.